The van der Waals surface area contributed by atoms with E-state index in [1.54, 1.807) is 0 Å². The molecule has 0 unspecified atom stereocenters. The van der Waals surface area contributed by atoms with Gasteiger partial charge in [-0.2, -0.15) is 0 Å². The first-order valence-electron chi connectivity index (χ1n) is 6.22. The van der Waals surface area contributed by atoms with Gasteiger partial charge in [-0.1, -0.05) is 33.8 Å². The summed E-state index contributed by atoms with van der Waals surface area (Å²) in [5.41, 5.74) is 3.81. The maximum absolute atomic E-state index is 9.77. The largest absolute Gasteiger partial charge is 0.508 e. The molecule has 0 aromatic heterocycles. The van der Waals surface area contributed by atoms with E-state index < -0.39 is 0 Å². The quantitative estimate of drug-likeness (QED) is 0.810. The normalized spacial score (nSPS) is 11.4. The van der Waals surface area contributed by atoms with E-state index in [0.717, 1.165) is 18.4 Å². The van der Waals surface area contributed by atoms with Crippen molar-refractivity contribution in [2.75, 3.05) is 0 Å². The first-order valence-corrected chi connectivity index (χ1v) is 6.22. The van der Waals surface area contributed by atoms with Crippen molar-refractivity contribution in [2.45, 2.75) is 47.5 Å². The van der Waals surface area contributed by atoms with Gasteiger partial charge in [-0.15, -0.1) is 0 Å². The first-order chi connectivity index (χ1) is 7.41. The summed E-state index contributed by atoms with van der Waals surface area (Å²) < 4.78 is 0. The fourth-order valence-electron chi connectivity index (χ4n) is 2.12. The van der Waals surface area contributed by atoms with Crippen molar-refractivity contribution >= 4 is 0 Å². The Balaban J connectivity index is 3.11. The van der Waals surface area contributed by atoms with E-state index in [1.807, 2.05) is 13.0 Å². The zero-order valence-corrected chi connectivity index (χ0v) is 11.2. The molecule has 16 heavy (non-hydrogen) atoms. The third kappa shape index (κ3) is 3.26. The SMILES string of the molecule is Cc1c(O)ccc(CC(C)C)c1CC(C)C. The minimum absolute atomic E-state index is 0.433. The summed E-state index contributed by atoms with van der Waals surface area (Å²) in [6.07, 6.45) is 2.16. The molecule has 1 heteroatoms. The topological polar surface area (TPSA) is 20.2 Å². The molecule has 0 atom stereocenters. The fraction of sp³-hybridized carbons (Fsp3) is 0.600. The minimum Gasteiger partial charge on any atom is -0.508 e. The Morgan fingerprint density at radius 1 is 1.00 bits per heavy atom. The van der Waals surface area contributed by atoms with Crippen molar-refractivity contribution in [2.24, 2.45) is 11.8 Å². The monoisotopic (exact) mass is 220 g/mol. The van der Waals surface area contributed by atoms with Gasteiger partial charge in [0.2, 0.25) is 0 Å². The molecule has 0 aliphatic carbocycles. The van der Waals surface area contributed by atoms with Crippen molar-refractivity contribution in [3.8, 4) is 5.75 Å². The van der Waals surface area contributed by atoms with Gasteiger partial charge in [0.25, 0.3) is 0 Å². The van der Waals surface area contributed by atoms with Crippen LogP contribution in [0.4, 0.5) is 0 Å². The van der Waals surface area contributed by atoms with E-state index in [9.17, 15) is 5.11 Å². The van der Waals surface area contributed by atoms with Crippen molar-refractivity contribution in [3.05, 3.63) is 28.8 Å². The van der Waals surface area contributed by atoms with E-state index in [4.69, 9.17) is 0 Å². The molecule has 1 aromatic rings. The van der Waals surface area contributed by atoms with E-state index in [1.165, 1.54) is 11.1 Å². The van der Waals surface area contributed by atoms with Crippen LogP contribution in [0.25, 0.3) is 0 Å². The highest BCUT2D eigenvalue weighted by atomic mass is 16.3. The molecule has 0 amide bonds. The highest BCUT2D eigenvalue weighted by Gasteiger charge is 2.12. The van der Waals surface area contributed by atoms with Crippen molar-refractivity contribution in [1.29, 1.82) is 0 Å². The molecular formula is C15H24O. The van der Waals surface area contributed by atoms with Crippen molar-refractivity contribution < 1.29 is 5.11 Å². The lowest BCUT2D eigenvalue weighted by molar-refractivity contribution is 0.468. The second-order valence-corrected chi connectivity index (χ2v) is 5.54. The Kier molecular flexibility index (Phi) is 4.40. The molecule has 0 heterocycles. The van der Waals surface area contributed by atoms with Crippen molar-refractivity contribution in [1.82, 2.24) is 0 Å². The molecule has 0 radical (unpaired) electrons. The third-order valence-corrected chi connectivity index (χ3v) is 2.91. The summed E-state index contributed by atoms with van der Waals surface area (Å²) in [5.74, 6) is 1.73. The maximum atomic E-state index is 9.77. The molecular weight excluding hydrogens is 196 g/mol. The molecule has 0 fully saturated rings. The van der Waals surface area contributed by atoms with Crippen LogP contribution in [-0.4, -0.2) is 5.11 Å². The van der Waals surface area contributed by atoms with Crippen LogP contribution in [0.1, 0.15) is 44.4 Å². The number of benzene rings is 1. The predicted molar refractivity (Wildman–Crippen MR) is 69.9 cm³/mol. The van der Waals surface area contributed by atoms with Crippen LogP contribution in [-0.2, 0) is 12.8 Å². The second kappa shape index (κ2) is 5.38. The van der Waals surface area contributed by atoms with Gasteiger partial charge >= 0.3 is 0 Å². The average Bonchev–Trinajstić information content (AvgIpc) is 2.16. The molecule has 1 nitrogen and oxygen atoms in total. The summed E-state index contributed by atoms with van der Waals surface area (Å²) >= 11 is 0. The highest BCUT2D eigenvalue weighted by Crippen LogP contribution is 2.27. The van der Waals surface area contributed by atoms with Crippen LogP contribution in [0.3, 0.4) is 0 Å². The molecule has 0 saturated carbocycles. The van der Waals surface area contributed by atoms with Gasteiger partial charge in [0.15, 0.2) is 0 Å². The summed E-state index contributed by atoms with van der Waals surface area (Å²) in [7, 11) is 0. The zero-order valence-electron chi connectivity index (χ0n) is 11.2. The Morgan fingerprint density at radius 2 is 1.56 bits per heavy atom. The molecule has 1 rings (SSSR count). The smallest absolute Gasteiger partial charge is 0.118 e. The predicted octanol–water partition coefficient (Wildman–Crippen LogP) is 4.10. The van der Waals surface area contributed by atoms with Gasteiger partial charge < -0.3 is 5.11 Å². The number of rotatable bonds is 4. The van der Waals surface area contributed by atoms with Gasteiger partial charge in [-0.05, 0) is 54.4 Å². The Labute approximate surface area is 99.5 Å². The van der Waals surface area contributed by atoms with Gasteiger partial charge in [0.05, 0.1) is 0 Å². The summed E-state index contributed by atoms with van der Waals surface area (Å²) in [6.45, 7) is 10.9. The maximum Gasteiger partial charge on any atom is 0.118 e. The molecule has 0 bridgehead atoms. The van der Waals surface area contributed by atoms with Crippen LogP contribution >= 0.6 is 0 Å². The first kappa shape index (κ1) is 13.1. The number of phenolic OH excluding ortho intramolecular Hbond substituents is 1. The number of hydrogen-bond donors (Lipinski definition) is 1. The minimum atomic E-state index is 0.433. The summed E-state index contributed by atoms with van der Waals surface area (Å²) in [4.78, 5) is 0. The molecule has 90 valence electrons. The summed E-state index contributed by atoms with van der Waals surface area (Å²) in [6, 6.07) is 3.91. The second-order valence-electron chi connectivity index (χ2n) is 5.54. The summed E-state index contributed by atoms with van der Waals surface area (Å²) in [5, 5.41) is 9.77. The lowest BCUT2D eigenvalue weighted by Gasteiger charge is -2.17. The average molecular weight is 220 g/mol. The standard InChI is InChI=1S/C15H24O/c1-10(2)8-13-6-7-15(16)12(5)14(13)9-11(3)4/h6-7,10-11,16H,8-9H2,1-5H3. The van der Waals surface area contributed by atoms with Crippen LogP contribution < -0.4 is 0 Å². The van der Waals surface area contributed by atoms with E-state index >= 15 is 0 Å². The third-order valence-electron chi connectivity index (χ3n) is 2.91. The van der Waals surface area contributed by atoms with Crippen LogP contribution in [0, 0.1) is 18.8 Å². The van der Waals surface area contributed by atoms with E-state index in [2.05, 4.69) is 33.8 Å². The van der Waals surface area contributed by atoms with Crippen LogP contribution in [0.2, 0.25) is 0 Å². The number of phenols is 1. The fourth-order valence-corrected chi connectivity index (χ4v) is 2.12. The van der Waals surface area contributed by atoms with E-state index in [0.29, 0.717) is 17.6 Å². The van der Waals surface area contributed by atoms with Gasteiger partial charge in [0.1, 0.15) is 5.75 Å². The van der Waals surface area contributed by atoms with Crippen LogP contribution in [0.5, 0.6) is 5.75 Å². The highest BCUT2D eigenvalue weighted by molar-refractivity contribution is 5.44. The zero-order chi connectivity index (χ0) is 12.3. The molecule has 0 aliphatic rings. The van der Waals surface area contributed by atoms with Crippen LogP contribution in [0.15, 0.2) is 12.1 Å². The van der Waals surface area contributed by atoms with Crippen molar-refractivity contribution in [3.63, 3.8) is 0 Å². The lowest BCUT2D eigenvalue weighted by atomic mass is 9.89. The Morgan fingerprint density at radius 3 is 2.06 bits per heavy atom. The Bertz CT molecular complexity index is 351. The molecule has 0 spiro atoms. The number of hydrogen-bond acceptors (Lipinski definition) is 1. The lowest BCUT2D eigenvalue weighted by Crippen LogP contribution is -2.05. The Hall–Kier alpha value is -0.980. The molecule has 0 saturated heterocycles. The van der Waals surface area contributed by atoms with Gasteiger partial charge in [-0.25, -0.2) is 0 Å². The number of aromatic hydroxyl groups is 1. The van der Waals surface area contributed by atoms with E-state index in [-0.39, 0.29) is 0 Å². The molecule has 0 aliphatic heterocycles. The van der Waals surface area contributed by atoms with Gasteiger partial charge in [-0.3, -0.25) is 0 Å². The molecule has 1 N–H and O–H groups in total. The molecule has 1 aromatic carbocycles. The van der Waals surface area contributed by atoms with Gasteiger partial charge in [0, 0.05) is 0 Å².